The Balaban J connectivity index is 1.85. The van der Waals surface area contributed by atoms with Crippen LogP contribution < -0.4 is 5.32 Å². The van der Waals surface area contributed by atoms with Crippen molar-refractivity contribution in [3.63, 3.8) is 0 Å². The molecule has 35 heavy (non-hydrogen) atoms. The van der Waals surface area contributed by atoms with Crippen LogP contribution in [0.2, 0.25) is 0 Å². The van der Waals surface area contributed by atoms with E-state index in [4.69, 9.17) is 9.47 Å². The summed E-state index contributed by atoms with van der Waals surface area (Å²) in [6.07, 6.45) is 1.53. The van der Waals surface area contributed by atoms with Gasteiger partial charge >= 0.3 is 11.9 Å². The molecule has 0 unspecified atom stereocenters. The van der Waals surface area contributed by atoms with Crippen LogP contribution in [0.5, 0.6) is 0 Å². The van der Waals surface area contributed by atoms with Gasteiger partial charge in [-0.2, -0.15) is 0 Å². The van der Waals surface area contributed by atoms with Crippen molar-refractivity contribution in [1.29, 1.82) is 0 Å². The van der Waals surface area contributed by atoms with Crippen molar-refractivity contribution in [2.75, 3.05) is 32.9 Å². The lowest BCUT2D eigenvalue weighted by Gasteiger charge is -2.35. The zero-order chi connectivity index (χ0) is 25.1. The highest BCUT2D eigenvalue weighted by atomic mass is 32.1. The van der Waals surface area contributed by atoms with Crippen LogP contribution in [0.4, 0.5) is 13.2 Å². The second-order valence-electron chi connectivity index (χ2n) is 7.65. The lowest BCUT2D eigenvalue weighted by atomic mass is 9.94. The van der Waals surface area contributed by atoms with Crippen LogP contribution in [0, 0.1) is 17.5 Å². The number of morpholine rings is 1. The molecule has 2 N–H and O–H groups in total. The van der Waals surface area contributed by atoms with E-state index in [1.165, 1.54) is 17.5 Å². The molecule has 0 spiro atoms. The molecule has 186 valence electrons. The third-order valence-corrected chi connectivity index (χ3v) is 6.24. The van der Waals surface area contributed by atoms with Gasteiger partial charge in [0.15, 0.2) is 28.3 Å². The lowest BCUT2D eigenvalue weighted by molar-refractivity contribution is -0.149. The summed E-state index contributed by atoms with van der Waals surface area (Å²) in [6.45, 7) is 2.02. The number of nitrogens with zero attached hydrogens (tertiary/aromatic N) is 3. The summed E-state index contributed by atoms with van der Waals surface area (Å²) in [4.78, 5) is 35.1. The van der Waals surface area contributed by atoms with Gasteiger partial charge in [0.25, 0.3) is 0 Å². The van der Waals surface area contributed by atoms with Gasteiger partial charge in [-0.1, -0.05) is 0 Å². The standard InChI is InChI=1S/C22H21F3N4O5S/c1-2-34-22(32)16-14(9-29-4-5-33-10-15(29)21(30)31)27-19(20-26-3-6-35-20)28-18(16)11-7-12(23)17(25)13(24)8-11/h3,6-8,15,18H,2,4-5,9-10H2,1H3,(H,27,28)(H,30,31)/t15-,18-/m0/s1. The van der Waals surface area contributed by atoms with E-state index in [0.717, 1.165) is 12.1 Å². The van der Waals surface area contributed by atoms with E-state index < -0.39 is 41.5 Å². The monoisotopic (exact) mass is 510 g/mol. The number of esters is 1. The molecule has 13 heteroatoms. The molecule has 0 amide bonds. The van der Waals surface area contributed by atoms with E-state index in [1.807, 2.05) is 0 Å². The maximum Gasteiger partial charge on any atom is 0.338 e. The molecule has 0 saturated carbocycles. The molecule has 1 fully saturated rings. The second kappa shape index (κ2) is 10.5. The van der Waals surface area contributed by atoms with Crippen LogP contribution in [0.25, 0.3) is 0 Å². The number of thiazole rings is 1. The number of rotatable bonds is 7. The molecule has 1 aromatic carbocycles. The van der Waals surface area contributed by atoms with Gasteiger partial charge in [0.1, 0.15) is 12.1 Å². The number of carboxylic acid groups (broad SMARTS) is 1. The maximum atomic E-state index is 14.1. The number of benzene rings is 1. The molecule has 0 bridgehead atoms. The van der Waals surface area contributed by atoms with Gasteiger partial charge in [0.2, 0.25) is 0 Å². The third kappa shape index (κ3) is 5.21. The molecular formula is C22H21F3N4O5S. The number of aliphatic carboxylic acids is 1. The Morgan fingerprint density at radius 1 is 1.31 bits per heavy atom. The summed E-state index contributed by atoms with van der Waals surface area (Å²) in [5, 5.41) is 14.8. The molecule has 2 aromatic rings. The summed E-state index contributed by atoms with van der Waals surface area (Å²) in [5.41, 5.74) is 0.0365. The zero-order valence-electron chi connectivity index (χ0n) is 18.5. The van der Waals surface area contributed by atoms with Crippen LogP contribution in [0.1, 0.15) is 23.5 Å². The van der Waals surface area contributed by atoms with Crippen molar-refractivity contribution in [2.24, 2.45) is 4.99 Å². The topological polar surface area (TPSA) is 113 Å². The molecule has 0 radical (unpaired) electrons. The van der Waals surface area contributed by atoms with Gasteiger partial charge in [-0.15, -0.1) is 11.3 Å². The van der Waals surface area contributed by atoms with Crippen LogP contribution >= 0.6 is 11.3 Å². The summed E-state index contributed by atoms with van der Waals surface area (Å²) in [7, 11) is 0. The number of aliphatic imine (C=N–C) groups is 1. The summed E-state index contributed by atoms with van der Waals surface area (Å²) < 4.78 is 52.4. The molecule has 2 atom stereocenters. The Bertz CT molecular complexity index is 1160. The number of carbonyl (C=O) groups excluding carboxylic acids is 1. The highest BCUT2D eigenvalue weighted by Crippen LogP contribution is 2.34. The summed E-state index contributed by atoms with van der Waals surface area (Å²) >= 11 is 1.23. The van der Waals surface area contributed by atoms with E-state index in [0.29, 0.717) is 5.01 Å². The predicted molar refractivity (Wildman–Crippen MR) is 118 cm³/mol. The third-order valence-electron chi connectivity index (χ3n) is 5.46. The van der Waals surface area contributed by atoms with Crippen LogP contribution in [0.15, 0.2) is 40.0 Å². The molecule has 1 saturated heterocycles. The van der Waals surface area contributed by atoms with Crippen molar-refractivity contribution in [3.8, 4) is 0 Å². The van der Waals surface area contributed by atoms with Crippen molar-refractivity contribution in [2.45, 2.75) is 19.0 Å². The highest BCUT2D eigenvalue weighted by Gasteiger charge is 2.37. The van der Waals surface area contributed by atoms with Gasteiger partial charge < -0.3 is 19.9 Å². The largest absolute Gasteiger partial charge is 0.480 e. The number of hydrogen-bond acceptors (Lipinski definition) is 9. The van der Waals surface area contributed by atoms with Crippen molar-refractivity contribution >= 4 is 29.1 Å². The first-order valence-electron chi connectivity index (χ1n) is 10.6. The first kappa shape index (κ1) is 24.8. The molecule has 2 aliphatic heterocycles. The average Bonchev–Trinajstić information content (AvgIpc) is 3.37. The van der Waals surface area contributed by atoms with Gasteiger partial charge in [-0.3, -0.25) is 14.7 Å². The summed E-state index contributed by atoms with van der Waals surface area (Å²) in [6, 6.07) is -0.715. The molecule has 3 heterocycles. The van der Waals surface area contributed by atoms with E-state index in [-0.39, 0.29) is 55.6 Å². The fraction of sp³-hybridized carbons (Fsp3) is 0.364. The second-order valence-corrected chi connectivity index (χ2v) is 8.55. The fourth-order valence-corrected chi connectivity index (χ4v) is 4.44. The average molecular weight is 510 g/mol. The van der Waals surface area contributed by atoms with Crippen molar-refractivity contribution < 1.29 is 37.3 Å². The highest BCUT2D eigenvalue weighted by molar-refractivity contribution is 7.11. The molecule has 0 aliphatic carbocycles. The fourth-order valence-electron chi connectivity index (χ4n) is 3.85. The van der Waals surface area contributed by atoms with E-state index in [1.54, 1.807) is 17.2 Å². The minimum absolute atomic E-state index is 0.00678. The Labute approximate surface area is 201 Å². The number of amidine groups is 1. The minimum Gasteiger partial charge on any atom is -0.480 e. The Morgan fingerprint density at radius 2 is 2.06 bits per heavy atom. The Kier molecular flexibility index (Phi) is 7.48. The number of hydrogen-bond donors (Lipinski definition) is 2. The van der Waals surface area contributed by atoms with E-state index in [2.05, 4.69) is 15.3 Å². The van der Waals surface area contributed by atoms with Crippen LogP contribution in [-0.2, 0) is 19.1 Å². The minimum atomic E-state index is -1.65. The molecule has 1 aromatic heterocycles. The number of carbonyl (C=O) groups is 2. The Morgan fingerprint density at radius 3 is 2.69 bits per heavy atom. The van der Waals surface area contributed by atoms with Gasteiger partial charge in [0, 0.05) is 30.4 Å². The number of carboxylic acids is 1. The summed E-state index contributed by atoms with van der Waals surface area (Å²) in [5.74, 6) is -6.23. The number of aromatic nitrogens is 1. The smallest absolute Gasteiger partial charge is 0.338 e. The van der Waals surface area contributed by atoms with Gasteiger partial charge in [0.05, 0.1) is 25.4 Å². The molecule has 9 nitrogen and oxygen atoms in total. The first-order chi connectivity index (χ1) is 16.8. The predicted octanol–water partition coefficient (Wildman–Crippen LogP) is 2.25. The van der Waals surface area contributed by atoms with Crippen molar-refractivity contribution in [1.82, 2.24) is 15.2 Å². The molecule has 4 rings (SSSR count). The lowest BCUT2D eigenvalue weighted by Crippen LogP contribution is -2.52. The quantitative estimate of drug-likeness (QED) is 0.431. The number of nitrogens with one attached hydrogen (secondary N) is 1. The van der Waals surface area contributed by atoms with E-state index >= 15 is 0 Å². The van der Waals surface area contributed by atoms with Crippen molar-refractivity contribution in [3.05, 3.63) is 63.0 Å². The van der Waals surface area contributed by atoms with E-state index in [9.17, 15) is 27.9 Å². The SMILES string of the molecule is CCOC(=O)C1=C(CN2CCOC[C@H]2C(=O)O)NC(c2nccs2)=N[C@H]1c1cc(F)c(F)c(F)c1. The first-order valence-corrected chi connectivity index (χ1v) is 11.5. The molecular weight excluding hydrogens is 489 g/mol. The van der Waals surface area contributed by atoms with Gasteiger partial charge in [-0.25, -0.2) is 22.9 Å². The normalized spacial score (nSPS) is 20.9. The maximum absolute atomic E-state index is 14.1. The molecule has 2 aliphatic rings. The van der Waals surface area contributed by atoms with Crippen LogP contribution in [0.3, 0.4) is 0 Å². The number of halogens is 3. The zero-order valence-corrected chi connectivity index (χ0v) is 19.3. The van der Waals surface area contributed by atoms with Gasteiger partial charge in [-0.05, 0) is 24.6 Å². The number of ether oxygens (including phenoxy) is 2. The van der Waals surface area contributed by atoms with Crippen LogP contribution in [-0.4, -0.2) is 71.7 Å². The Hall–Kier alpha value is -3.29.